The van der Waals surface area contributed by atoms with Crippen LogP contribution in [0.2, 0.25) is 5.02 Å². The van der Waals surface area contributed by atoms with Crippen molar-refractivity contribution in [2.24, 2.45) is 5.73 Å². The molecule has 1 aromatic carbocycles. The second-order valence-electron chi connectivity index (χ2n) is 5.25. The van der Waals surface area contributed by atoms with Crippen LogP contribution in [-0.2, 0) is 0 Å². The average Bonchev–Trinajstić information content (AvgIpc) is 2.48. The molecule has 0 spiro atoms. The van der Waals surface area contributed by atoms with Crippen LogP contribution in [0.5, 0.6) is 0 Å². The van der Waals surface area contributed by atoms with Crippen molar-refractivity contribution in [3.8, 4) is 0 Å². The highest BCUT2D eigenvalue weighted by Gasteiger charge is 2.31. The second kappa shape index (κ2) is 6.28. The number of hydrogen-bond donors (Lipinski definition) is 3. The van der Waals surface area contributed by atoms with Gasteiger partial charge in [-0.1, -0.05) is 35.3 Å². The second-order valence-corrected chi connectivity index (χ2v) is 6.12. The maximum atomic E-state index is 6.15. The lowest BCUT2D eigenvalue weighted by molar-refractivity contribution is 0.110. The average molecular weight is 325 g/mol. The zero-order valence-corrected chi connectivity index (χ0v) is 13.0. The molecule has 0 aliphatic carbocycles. The molecular weight excluding hydrogens is 307 g/mol. The summed E-state index contributed by atoms with van der Waals surface area (Å²) in [6.45, 7) is 2.72. The first kappa shape index (κ1) is 14.7. The van der Waals surface area contributed by atoms with E-state index in [-0.39, 0.29) is 12.2 Å². The fourth-order valence-electron chi connectivity index (χ4n) is 2.85. The molecule has 6 heteroatoms. The van der Waals surface area contributed by atoms with Gasteiger partial charge in [0.2, 0.25) is 0 Å². The lowest BCUT2D eigenvalue weighted by Gasteiger charge is -2.42. The predicted molar refractivity (Wildman–Crippen MR) is 86.9 cm³/mol. The number of halogens is 2. The molecule has 2 unspecified atom stereocenters. The summed E-state index contributed by atoms with van der Waals surface area (Å²) in [6, 6.07) is 8.23. The van der Waals surface area contributed by atoms with E-state index in [0.717, 1.165) is 30.4 Å². The van der Waals surface area contributed by atoms with Gasteiger partial charge >= 0.3 is 0 Å². The highest BCUT2D eigenvalue weighted by atomic mass is 35.5. The first-order valence-corrected chi connectivity index (χ1v) is 7.71. The minimum atomic E-state index is -0.0321. The Hall–Kier alpha value is -1.20. The molecule has 3 rings (SSSR count). The number of piperazine rings is 1. The van der Waals surface area contributed by atoms with Crippen LogP contribution in [0.15, 0.2) is 47.3 Å². The summed E-state index contributed by atoms with van der Waals surface area (Å²) < 4.78 is 0. The molecule has 0 saturated carbocycles. The van der Waals surface area contributed by atoms with Gasteiger partial charge in [0.1, 0.15) is 6.17 Å². The van der Waals surface area contributed by atoms with Crippen molar-refractivity contribution in [1.29, 1.82) is 0 Å². The minimum absolute atomic E-state index is 0.0321. The highest BCUT2D eigenvalue weighted by molar-refractivity contribution is 6.31. The zero-order chi connectivity index (χ0) is 14.8. The van der Waals surface area contributed by atoms with Crippen LogP contribution in [-0.4, -0.2) is 30.7 Å². The molecule has 2 aliphatic heterocycles. The van der Waals surface area contributed by atoms with E-state index in [0.29, 0.717) is 5.03 Å². The summed E-state index contributed by atoms with van der Waals surface area (Å²) in [6.07, 6.45) is 3.57. The molecule has 0 aromatic heterocycles. The number of nitrogens with two attached hydrogens (primary N) is 1. The largest absolute Gasteiger partial charge is 0.399 e. The number of dihydropyridines is 1. The maximum absolute atomic E-state index is 6.15. The lowest BCUT2D eigenvalue weighted by Crippen LogP contribution is -2.56. The molecule has 4 N–H and O–H groups in total. The number of nitrogens with zero attached hydrogens (tertiary/aromatic N) is 1. The predicted octanol–water partition coefficient (Wildman–Crippen LogP) is 2.14. The fourth-order valence-corrected chi connectivity index (χ4v) is 3.16. The lowest BCUT2D eigenvalue weighted by atomic mass is 10.0. The molecule has 21 heavy (non-hydrogen) atoms. The van der Waals surface area contributed by atoms with Gasteiger partial charge in [-0.2, -0.15) is 0 Å². The topological polar surface area (TPSA) is 53.3 Å². The van der Waals surface area contributed by atoms with E-state index in [1.165, 1.54) is 5.56 Å². The monoisotopic (exact) mass is 324 g/mol. The Bertz CT molecular complexity index is 568. The van der Waals surface area contributed by atoms with Gasteiger partial charge in [0, 0.05) is 42.6 Å². The van der Waals surface area contributed by atoms with E-state index in [4.69, 9.17) is 28.9 Å². The molecule has 0 radical (unpaired) electrons. The molecule has 2 heterocycles. The van der Waals surface area contributed by atoms with Gasteiger partial charge in [-0.05, 0) is 23.8 Å². The van der Waals surface area contributed by atoms with Gasteiger partial charge in [0.15, 0.2) is 0 Å². The van der Waals surface area contributed by atoms with E-state index in [2.05, 4.69) is 27.7 Å². The third-order valence-electron chi connectivity index (χ3n) is 3.87. The first-order chi connectivity index (χ1) is 10.1. The molecule has 112 valence electrons. The standard InChI is InChI=1S/C15H18Cl2N4/c16-11-3-1-10(2-4-11)14-9-19-5-6-21(14)15-13(18)7-12(17)8-20-15/h1-4,7-8,14-15,19-20H,5-6,9,18H2. The van der Waals surface area contributed by atoms with Crippen LogP contribution in [0, 0.1) is 0 Å². The zero-order valence-electron chi connectivity index (χ0n) is 11.5. The number of allylic oxidation sites excluding steroid dienone is 2. The van der Waals surface area contributed by atoms with Crippen LogP contribution in [0.1, 0.15) is 11.6 Å². The van der Waals surface area contributed by atoms with Crippen LogP contribution >= 0.6 is 23.2 Å². The molecule has 1 fully saturated rings. The van der Waals surface area contributed by atoms with E-state index < -0.39 is 0 Å². The van der Waals surface area contributed by atoms with Crippen molar-refractivity contribution in [3.63, 3.8) is 0 Å². The fraction of sp³-hybridized carbons (Fsp3) is 0.333. The Labute approximate surface area is 134 Å². The van der Waals surface area contributed by atoms with E-state index in [1.807, 2.05) is 18.2 Å². The Kier molecular flexibility index (Phi) is 4.40. The third-order valence-corrected chi connectivity index (χ3v) is 4.34. The molecule has 1 aromatic rings. The van der Waals surface area contributed by atoms with Crippen LogP contribution in [0.25, 0.3) is 0 Å². The quantitative estimate of drug-likeness (QED) is 0.780. The van der Waals surface area contributed by atoms with Gasteiger partial charge in [-0.15, -0.1) is 0 Å². The summed E-state index contributed by atoms with van der Waals surface area (Å²) >= 11 is 12.0. The molecule has 4 nitrogen and oxygen atoms in total. The summed E-state index contributed by atoms with van der Waals surface area (Å²) in [5, 5.41) is 8.10. The summed E-state index contributed by atoms with van der Waals surface area (Å²) in [5.41, 5.74) is 8.12. The van der Waals surface area contributed by atoms with Crippen molar-refractivity contribution < 1.29 is 0 Å². The van der Waals surface area contributed by atoms with Gasteiger partial charge in [-0.3, -0.25) is 4.90 Å². The number of nitrogens with one attached hydrogen (secondary N) is 2. The Balaban J connectivity index is 1.85. The number of rotatable bonds is 2. The summed E-state index contributed by atoms with van der Waals surface area (Å²) in [4.78, 5) is 2.35. The van der Waals surface area contributed by atoms with Crippen molar-refractivity contribution in [3.05, 3.63) is 57.9 Å². The SMILES string of the molecule is NC1=CC(Cl)=CNC1N1CCNCC1c1ccc(Cl)cc1. The van der Waals surface area contributed by atoms with E-state index >= 15 is 0 Å². The van der Waals surface area contributed by atoms with Gasteiger partial charge in [0.05, 0.1) is 5.03 Å². The smallest absolute Gasteiger partial charge is 0.121 e. The molecule has 2 aliphatic rings. The van der Waals surface area contributed by atoms with Crippen molar-refractivity contribution in [2.45, 2.75) is 12.2 Å². The van der Waals surface area contributed by atoms with E-state index in [9.17, 15) is 0 Å². The highest BCUT2D eigenvalue weighted by Crippen LogP contribution is 2.27. The number of benzene rings is 1. The normalized spacial score (nSPS) is 26.8. The maximum Gasteiger partial charge on any atom is 0.121 e. The number of hydrogen-bond acceptors (Lipinski definition) is 4. The summed E-state index contributed by atoms with van der Waals surface area (Å²) in [7, 11) is 0. The van der Waals surface area contributed by atoms with Crippen LogP contribution in [0.3, 0.4) is 0 Å². The molecule has 1 saturated heterocycles. The molecular formula is C15H18Cl2N4. The minimum Gasteiger partial charge on any atom is -0.399 e. The first-order valence-electron chi connectivity index (χ1n) is 6.96. The van der Waals surface area contributed by atoms with Gasteiger partial charge in [0.25, 0.3) is 0 Å². The molecule has 0 amide bonds. The Morgan fingerprint density at radius 1 is 1.19 bits per heavy atom. The van der Waals surface area contributed by atoms with Crippen molar-refractivity contribution in [2.75, 3.05) is 19.6 Å². The van der Waals surface area contributed by atoms with Crippen molar-refractivity contribution in [1.82, 2.24) is 15.5 Å². The van der Waals surface area contributed by atoms with Crippen LogP contribution in [0.4, 0.5) is 0 Å². The summed E-state index contributed by atoms with van der Waals surface area (Å²) in [5.74, 6) is 0. The Morgan fingerprint density at radius 2 is 1.95 bits per heavy atom. The molecule has 0 bridgehead atoms. The van der Waals surface area contributed by atoms with E-state index in [1.54, 1.807) is 6.20 Å². The third kappa shape index (κ3) is 3.19. The Morgan fingerprint density at radius 3 is 2.67 bits per heavy atom. The van der Waals surface area contributed by atoms with Crippen molar-refractivity contribution >= 4 is 23.2 Å². The van der Waals surface area contributed by atoms with Crippen LogP contribution < -0.4 is 16.4 Å². The van der Waals surface area contributed by atoms with Gasteiger partial charge < -0.3 is 16.4 Å². The molecule has 2 atom stereocenters. The van der Waals surface area contributed by atoms with Gasteiger partial charge in [-0.25, -0.2) is 0 Å².